The van der Waals surface area contributed by atoms with Gasteiger partial charge in [-0.1, -0.05) is 19.1 Å². The van der Waals surface area contributed by atoms with Gasteiger partial charge in [0.1, 0.15) is 11.0 Å². The molecule has 1 aromatic carbocycles. The van der Waals surface area contributed by atoms with E-state index in [9.17, 15) is 13.7 Å². The molecule has 5 nitrogen and oxygen atoms in total. The fraction of sp³-hybridized carbons (Fsp3) is 0.562. The van der Waals surface area contributed by atoms with Crippen molar-refractivity contribution in [2.75, 3.05) is 19.6 Å². The summed E-state index contributed by atoms with van der Waals surface area (Å²) in [6, 6.07) is 7.08. The van der Waals surface area contributed by atoms with E-state index in [2.05, 4.69) is 11.4 Å². The summed E-state index contributed by atoms with van der Waals surface area (Å²) in [5, 5.41) is 12.6. The van der Waals surface area contributed by atoms with E-state index in [-0.39, 0.29) is 28.9 Å². The van der Waals surface area contributed by atoms with Gasteiger partial charge < -0.3 is 5.32 Å². The second kappa shape index (κ2) is 8.65. The van der Waals surface area contributed by atoms with Crippen molar-refractivity contribution in [3.63, 3.8) is 0 Å². The zero-order chi connectivity index (χ0) is 16.2. The normalized spacial score (nSPS) is 15.9. The SMILES string of the molecule is CCCN(C1CCNCC1)S(=O)(=O)c1cccc(C)c1C#N.Cl. The predicted octanol–water partition coefficient (Wildman–Crippen LogP) is 2.44. The van der Waals surface area contributed by atoms with Crippen molar-refractivity contribution in [3.8, 4) is 6.07 Å². The summed E-state index contributed by atoms with van der Waals surface area (Å²) in [6.45, 7) is 5.90. The van der Waals surface area contributed by atoms with Gasteiger partial charge in [0.15, 0.2) is 0 Å². The minimum atomic E-state index is -3.65. The molecule has 0 bridgehead atoms. The average Bonchev–Trinajstić information content (AvgIpc) is 2.53. The molecule has 23 heavy (non-hydrogen) atoms. The first-order chi connectivity index (χ1) is 10.5. The number of nitrogens with one attached hydrogen (secondary N) is 1. The highest BCUT2D eigenvalue weighted by atomic mass is 35.5. The van der Waals surface area contributed by atoms with Crippen molar-refractivity contribution in [2.45, 2.75) is 44.0 Å². The number of rotatable bonds is 5. The highest BCUT2D eigenvalue weighted by Gasteiger charge is 2.33. The first-order valence-electron chi connectivity index (χ1n) is 7.74. The number of nitrogens with zero attached hydrogens (tertiary/aromatic N) is 2. The number of benzene rings is 1. The molecule has 0 radical (unpaired) electrons. The van der Waals surface area contributed by atoms with E-state index < -0.39 is 10.0 Å². The number of sulfonamides is 1. The summed E-state index contributed by atoms with van der Waals surface area (Å²) in [6.07, 6.45) is 2.39. The van der Waals surface area contributed by atoms with Crippen molar-refractivity contribution in [3.05, 3.63) is 29.3 Å². The van der Waals surface area contributed by atoms with Crippen LogP contribution in [0.5, 0.6) is 0 Å². The molecule has 0 aliphatic carbocycles. The second-order valence-electron chi connectivity index (χ2n) is 5.66. The number of hydrogen-bond acceptors (Lipinski definition) is 4. The van der Waals surface area contributed by atoms with E-state index in [4.69, 9.17) is 0 Å². The molecule has 0 spiro atoms. The smallest absolute Gasteiger partial charge is 0.244 e. The standard InChI is InChI=1S/C16H23N3O2S.ClH/c1-3-11-19(14-7-9-18-10-8-14)22(20,21)16-6-4-5-13(2)15(16)12-17;/h4-6,14,18H,3,7-11H2,1-2H3;1H. The maximum absolute atomic E-state index is 13.1. The molecule has 1 aromatic rings. The third-order valence-corrected chi connectivity index (χ3v) is 6.09. The van der Waals surface area contributed by atoms with Gasteiger partial charge in [0.25, 0.3) is 0 Å². The van der Waals surface area contributed by atoms with E-state index in [1.165, 1.54) is 0 Å². The predicted molar refractivity (Wildman–Crippen MR) is 93.2 cm³/mol. The quantitative estimate of drug-likeness (QED) is 0.878. The number of piperidine rings is 1. The number of halogens is 1. The van der Waals surface area contributed by atoms with Gasteiger partial charge in [-0.05, 0) is 50.9 Å². The Morgan fingerprint density at radius 1 is 1.35 bits per heavy atom. The Hall–Kier alpha value is -1.13. The van der Waals surface area contributed by atoms with Crippen molar-refractivity contribution in [1.29, 1.82) is 5.26 Å². The van der Waals surface area contributed by atoms with Gasteiger partial charge in [-0.2, -0.15) is 9.57 Å². The summed E-state index contributed by atoms with van der Waals surface area (Å²) < 4.78 is 27.8. The van der Waals surface area contributed by atoms with Gasteiger partial charge in [-0.3, -0.25) is 0 Å². The molecule has 0 unspecified atom stereocenters. The van der Waals surface area contributed by atoms with Crippen molar-refractivity contribution in [1.82, 2.24) is 9.62 Å². The Balaban J connectivity index is 0.00000264. The lowest BCUT2D eigenvalue weighted by atomic mass is 10.1. The van der Waals surface area contributed by atoms with E-state index in [1.54, 1.807) is 29.4 Å². The fourth-order valence-electron chi connectivity index (χ4n) is 2.94. The Labute approximate surface area is 145 Å². The van der Waals surface area contributed by atoms with Gasteiger partial charge in [0.05, 0.1) is 5.56 Å². The Bertz CT molecular complexity index is 664. The van der Waals surface area contributed by atoms with E-state index in [0.29, 0.717) is 12.1 Å². The zero-order valence-corrected chi connectivity index (χ0v) is 15.2. The molecule has 0 amide bonds. The Morgan fingerprint density at radius 2 is 2.00 bits per heavy atom. The summed E-state index contributed by atoms with van der Waals surface area (Å²) in [4.78, 5) is 0.141. The Kier molecular flexibility index (Phi) is 7.49. The lowest BCUT2D eigenvalue weighted by Gasteiger charge is -2.33. The van der Waals surface area contributed by atoms with Crippen LogP contribution < -0.4 is 5.32 Å². The number of hydrogen-bond donors (Lipinski definition) is 1. The molecule has 1 fully saturated rings. The van der Waals surface area contributed by atoms with Gasteiger partial charge >= 0.3 is 0 Å². The van der Waals surface area contributed by atoms with Gasteiger partial charge in [-0.15, -0.1) is 12.4 Å². The molecular formula is C16H24ClN3O2S. The molecule has 1 N–H and O–H groups in total. The molecule has 0 atom stereocenters. The average molecular weight is 358 g/mol. The lowest BCUT2D eigenvalue weighted by Crippen LogP contribution is -2.46. The molecule has 0 saturated carbocycles. The summed E-state index contributed by atoms with van der Waals surface area (Å²) in [5.41, 5.74) is 0.961. The maximum Gasteiger partial charge on any atom is 0.244 e. The molecule has 128 valence electrons. The molecule has 7 heteroatoms. The molecular weight excluding hydrogens is 334 g/mol. The largest absolute Gasteiger partial charge is 0.317 e. The topological polar surface area (TPSA) is 73.2 Å². The minimum Gasteiger partial charge on any atom is -0.317 e. The van der Waals surface area contributed by atoms with Gasteiger partial charge in [0, 0.05) is 12.6 Å². The van der Waals surface area contributed by atoms with Crippen LogP contribution in [-0.4, -0.2) is 38.4 Å². The van der Waals surface area contributed by atoms with Crippen LogP contribution in [0.1, 0.15) is 37.3 Å². The van der Waals surface area contributed by atoms with Crippen LogP contribution in [0.4, 0.5) is 0 Å². The van der Waals surface area contributed by atoms with E-state index in [0.717, 1.165) is 32.4 Å². The van der Waals surface area contributed by atoms with Crippen LogP contribution >= 0.6 is 12.4 Å². The second-order valence-corrected chi connectivity index (χ2v) is 7.52. The summed E-state index contributed by atoms with van der Waals surface area (Å²) in [5.74, 6) is 0. The highest BCUT2D eigenvalue weighted by molar-refractivity contribution is 7.89. The molecule has 1 aliphatic rings. The summed E-state index contributed by atoms with van der Waals surface area (Å²) in [7, 11) is -3.65. The van der Waals surface area contributed by atoms with Crippen LogP contribution in [0, 0.1) is 18.3 Å². The molecule has 2 rings (SSSR count). The first kappa shape index (κ1) is 19.9. The monoisotopic (exact) mass is 357 g/mol. The first-order valence-corrected chi connectivity index (χ1v) is 9.18. The maximum atomic E-state index is 13.1. The summed E-state index contributed by atoms with van der Waals surface area (Å²) >= 11 is 0. The van der Waals surface area contributed by atoms with Crippen LogP contribution in [-0.2, 0) is 10.0 Å². The van der Waals surface area contributed by atoms with Gasteiger partial charge in [-0.25, -0.2) is 8.42 Å². The fourth-order valence-corrected chi connectivity index (χ4v) is 4.93. The molecule has 1 heterocycles. The van der Waals surface area contributed by atoms with E-state index >= 15 is 0 Å². The third-order valence-electron chi connectivity index (χ3n) is 4.09. The van der Waals surface area contributed by atoms with Crippen LogP contribution in [0.15, 0.2) is 23.1 Å². The van der Waals surface area contributed by atoms with E-state index in [1.807, 2.05) is 6.92 Å². The van der Waals surface area contributed by atoms with Crippen molar-refractivity contribution < 1.29 is 8.42 Å². The number of nitriles is 1. The minimum absolute atomic E-state index is 0. The van der Waals surface area contributed by atoms with Crippen LogP contribution in [0.3, 0.4) is 0 Å². The molecule has 1 saturated heterocycles. The Morgan fingerprint density at radius 3 is 2.57 bits per heavy atom. The molecule has 1 aliphatic heterocycles. The third kappa shape index (κ3) is 4.24. The van der Waals surface area contributed by atoms with Crippen molar-refractivity contribution in [2.24, 2.45) is 0 Å². The van der Waals surface area contributed by atoms with Crippen LogP contribution in [0.25, 0.3) is 0 Å². The van der Waals surface area contributed by atoms with Crippen LogP contribution in [0.2, 0.25) is 0 Å². The zero-order valence-electron chi connectivity index (χ0n) is 13.6. The highest BCUT2D eigenvalue weighted by Crippen LogP contribution is 2.26. The number of aryl methyl sites for hydroxylation is 1. The molecule has 0 aromatic heterocycles. The lowest BCUT2D eigenvalue weighted by molar-refractivity contribution is 0.262. The van der Waals surface area contributed by atoms with Gasteiger partial charge in [0.2, 0.25) is 10.0 Å². The van der Waals surface area contributed by atoms with Crippen molar-refractivity contribution >= 4 is 22.4 Å².